The highest BCUT2D eigenvalue weighted by molar-refractivity contribution is 5.95. The molecule has 0 saturated carbocycles. The Bertz CT molecular complexity index is 1050. The number of carboxylic acids is 1. The van der Waals surface area contributed by atoms with Crippen LogP contribution in [0.5, 0.6) is 0 Å². The minimum absolute atomic E-state index is 0.301. The number of rotatable bonds is 7. The average molecular weight is 387 g/mol. The summed E-state index contributed by atoms with van der Waals surface area (Å²) in [6.07, 6.45) is 1.41. The molecule has 1 N–H and O–H groups in total. The average Bonchev–Trinajstić information content (AvgIpc) is 3.07. The van der Waals surface area contributed by atoms with Gasteiger partial charge in [0.05, 0.1) is 18.5 Å². The van der Waals surface area contributed by atoms with Gasteiger partial charge in [0.15, 0.2) is 5.82 Å². The Hall–Kier alpha value is -3.39. The molecule has 0 aliphatic carbocycles. The summed E-state index contributed by atoms with van der Waals surface area (Å²) in [4.78, 5) is 16.1. The molecule has 0 unspecified atom stereocenters. The third-order valence-electron chi connectivity index (χ3n) is 4.56. The number of benzene rings is 2. The fraction of sp³-hybridized carbons (Fsp3) is 0.292. The molecule has 5 nitrogen and oxygen atoms in total. The number of carboxylic acid groups (broad SMARTS) is 1. The third-order valence-corrected chi connectivity index (χ3v) is 4.56. The van der Waals surface area contributed by atoms with Gasteiger partial charge in [-0.15, -0.1) is 5.92 Å². The molecule has 148 valence electrons. The predicted octanol–water partition coefficient (Wildman–Crippen LogP) is 4.46. The number of hydrogen-bond acceptors (Lipinski definition) is 3. The van der Waals surface area contributed by atoms with E-state index in [4.69, 9.17) is 0 Å². The van der Waals surface area contributed by atoms with E-state index in [1.807, 2.05) is 48.0 Å². The molecule has 0 fully saturated rings. The van der Waals surface area contributed by atoms with Gasteiger partial charge in [-0.05, 0) is 35.6 Å². The molecule has 1 heterocycles. The van der Waals surface area contributed by atoms with E-state index in [2.05, 4.69) is 35.8 Å². The van der Waals surface area contributed by atoms with Crippen LogP contribution >= 0.6 is 0 Å². The second kappa shape index (κ2) is 9.20. The lowest BCUT2D eigenvalue weighted by Gasteiger charge is -2.08. The zero-order chi connectivity index (χ0) is 20.8. The first-order valence-corrected chi connectivity index (χ1v) is 9.71. The summed E-state index contributed by atoms with van der Waals surface area (Å²) in [5.41, 5.74) is 2.97. The van der Waals surface area contributed by atoms with Crippen LogP contribution in [-0.2, 0) is 19.4 Å². The summed E-state index contributed by atoms with van der Waals surface area (Å²) in [5.74, 6) is 7.28. The molecule has 5 heteroatoms. The Labute approximate surface area is 171 Å². The Morgan fingerprint density at radius 2 is 1.86 bits per heavy atom. The molecule has 0 spiro atoms. The summed E-state index contributed by atoms with van der Waals surface area (Å²) >= 11 is 0. The van der Waals surface area contributed by atoms with E-state index in [0.29, 0.717) is 30.0 Å². The lowest BCUT2D eigenvalue weighted by molar-refractivity contribution is 0.0697. The Kier molecular flexibility index (Phi) is 6.46. The van der Waals surface area contributed by atoms with E-state index in [1.54, 1.807) is 12.1 Å². The zero-order valence-corrected chi connectivity index (χ0v) is 17.0. The van der Waals surface area contributed by atoms with E-state index in [9.17, 15) is 9.90 Å². The van der Waals surface area contributed by atoms with Crippen LogP contribution in [0.2, 0.25) is 0 Å². The molecular formula is C24H25N3O2. The van der Waals surface area contributed by atoms with Gasteiger partial charge in [0.2, 0.25) is 0 Å². The monoisotopic (exact) mass is 387 g/mol. The van der Waals surface area contributed by atoms with Gasteiger partial charge in [-0.1, -0.05) is 62.2 Å². The highest BCUT2D eigenvalue weighted by Crippen LogP contribution is 2.24. The number of aromatic carboxylic acids is 1. The Morgan fingerprint density at radius 3 is 2.52 bits per heavy atom. The first kappa shape index (κ1) is 20.3. The van der Waals surface area contributed by atoms with Crippen molar-refractivity contribution in [3.63, 3.8) is 0 Å². The van der Waals surface area contributed by atoms with Crippen LogP contribution < -0.4 is 0 Å². The molecule has 0 bridgehead atoms. The minimum atomic E-state index is -0.924. The van der Waals surface area contributed by atoms with Crippen LogP contribution in [0.3, 0.4) is 0 Å². The second-order valence-corrected chi connectivity index (χ2v) is 7.35. The summed E-state index contributed by atoms with van der Waals surface area (Å²) in [5, 5.41) is 14.1. The summed E-state index contributed by atoms with van der Waals surface area (Å²) < 4.78 is 1.92. The number of nitrogens with zero attached hydrogens (tertiary/aromatic N) is 3. The van der Waals surface area contributed by atoms with E-state index in [0.717, 1.165) is 29.2 Å². The third kappa shape index (κ3) is 5.11. The van der Waals surface area contributed by atoms with Crippen molar-refractivity contribution in [2.75, 3.05) is 0 Å². The van der Waals surface area contributed by atoms with Crippen molar-refractivity contribution in [1.82, 2.24) is 14.8 Å². The van der Waals surface area contributed by atoms with Crippen molar-refractivity contribution in [3.05, 3.63) is 71.3 Å². The molecule has 0 saturated heterocycles. The Morgan fingerprint density at radius 1 is 1.14 bits per heavy atom. The van der Waals surface area contributed by atoms with E-state index in [1.165, 1.54) is 0 Å². The normalized spacial score (nSPS) is 10.6. The minimum Gasteiger partial charge on any atom is -0.478 e. The summed E-state index contributed by atoms with van der Waals surface area (Å²) in [6, 6.07) is 15.0. The van der Waals surface area contributed by atoms with Crippen LogP contribution in [0.4, 0.5) is 0 Å². The molecule has 0 radical (unpaired) electrons. The molecule has 0 atom stereocenters. The van der Waals surface area contributed by atoms with Crippen LogP contribution in [0.25, 0.3) is 11.1 Å². The highest BCUT2D eigenvalue weighted by atomic mass is 16.4. The fourth-order valence-corrected chi connectivity index (χ4v) is 3.19. The fourth-order valence-electron chi connectivity index (χ4n) is 3.19. The second-order valence-electron chi connectivity index (χ2n) is 7.35. The molecule has 3 aromatic rings. The molecule has 0 amide bonds. The largest absolute Gasteiger partial charge is 0.478 e. The van der Waals surface area contributed by atoms with Gasteiger partial charge in [-0.3, -0.25) is 0 Å². The van der Waals surface area contributed by atoms with Gasteiger partial charge in [-0.2, -0.15) is 5.10 Å². The number of carbonyl (C=O) groups is 1. The van der Waals surface area contributed by atoms with Crippen molar-refractivity contribution in [3.8, 4) is 23.0 Å². The zero-order valence-electron chi connectivity index (χ0n) is 17.0. The lowest BCUT2D eigenvalue weighted by Crippen LogP contribution is -2.07. The van der Waals surface area contributed by atoms with Crippen LogP contribution in [0, 0.1) is 17.8 Å². The number of aromatic nitrogens is 3. The first-order chi connectivity index (χ1) is 14.0. The Balaban J connectivity index is 1.85. The molecule has 3 rings (SSSR count). The molecule has 2 aromatic carbocycles. The van der Waals surface area contributed by atoms with Gasteiger partial charge >= 0.3 is 5.97 Å². The molecule has 1 aromatic heterocycles. The maximum atomic E-state index is 11.5. The summed E-state index contributed by atoms with van der Waals surface area (Å²) in [6.45, 7) is 6.73. The molecule has 0 aliphatic rings. The van der Waals surface area contributed by atoms with Crippen LogP contribution in [0.15, 0.2) is 48.5 Å². The maximum Gasteiger partial charge on any atom is 0.336 e. The van der Waals surface area contributed by atoms with Gasteiger partial charge in [0, 0.05) is 6.42 Å². The van der Waals surface area contributed by atoms with Crippen LogP contribution in [0.1, 0.15) is 48.3 Å². The predicted molar refractivity (Wildman–Crippen MR) is 114 cm³/mol. The number of hydrogen-bond donors (Lipinski definition) is 1. The van der Waals surface area contributed by atoms with E-state index in [-0.39, 0.29) is 0 Å². The van der Waals surface area contributed by atoms with E-state index < -0.39 is 5.97 Å². The van der Waals surface area contributed by atoms with E-state index >= 15 is 0 Å². The summed E-state index contributed by atoms with van der Waals surface area (Å²) in [7, 11) is 0. The smallest absolute Gasteiger partial charge is 0.336 e. The first-order valence-electron chi connectivity index (χ1n) is 9.71. The van der Waals surface area contributed by atoms with Crippen molar-refractivity contribution >= 4 is 5.97 Å². The van der Waals surface area contributed by atoms with Gasteiger partial charge in [0.1, 0.15) is 5.82 Å². The molecular weight excluding hydrogens is 362 g/mol. The van der Waals surface area contributed by atoms with Crippen molar-refractivity contribution in [2.24, 2.45) is 5.92 Å². The van der Waals surface area contributed by atoms with Crippen LogP contribution in [-0.4, -0.2) is 25.8 Å². The highest BCUT2D eigenvalue weighted by Gasteiger charge is 2.13. The van der Waals surface area contributed by atoms with Gasteiger partial charge in [-0.25, -0.2) is 14.5 Å². The van der Waals surface area contributed by atoms with Crippen molar-refractivity contribution < 1.29 is 9.90 Å². The molecule has 0 aliphatic heterocycles. The topological polar surface area (TPSA) is 68.0 Å². The van der Waals surface area contributed by atoms with Crippen molar-refractivity contribution in [2.45, 2.75) is 40.2 Å². The molecule has 29 heavy (non-hydrogen) atoms. The lowest BCUT2D eigenvalue weighted by atomic mass is 9.99. The standard InChI is InChI=1S/C24H25N3O2/c1-4-5-10-23-25-22(15-17(2)3)26-27(23)16-18-11-13-19(14-12-18)20-8-6-7-9-21(20)24(28)29/h6-9,11-14,17H,10,15-16H2,1-3H3,(H,28,29). The van der Waals surface area contributed by atoms with Gasteiger partial charge < -0.3 is 5.11 Å². The quantitative estimate of drug-likeness (QED) is 0.608. The van der Waals surface area contributed by atoms with Crippen molar-refractivity contribution in [1.29, 1.82) is 0 Å². The SMILES string of the molecule is CC#CCc1nc(CC(C)C)nn1Cc1ccc(-c2ccccc2C(=O)O)cc1. The van der Waals surface area contributed by atoms with Gasteiger partial charge in [0.25, 0.3) is 0 Å². The maximum absolute atomic E-state index is 11.5.